The van der Waals surface area contributed by atoms with Crippen LogP contribution in [0.25, 0.3) is 0 Å². The van der Waals surface area contributed by atoms with Gasteiger partial charge in [0.1, 0.15) is 11.7 Å². The first-order chi connectivity index (χ1) is 19.4. The topological polar surface area (TPSA) is 71.7 Å². The highest BCUT2D eigenvalue weighted by Crippen LogP contribution is 2.64. The number of oxime groups is 1. The third-order valence-electron chi connectivity index (χ3n) is 5.55. The summed E-state index contributed by atoms with van der Waals surface area (Å²) in [7, 11) is 0. The molecule has 0 spiro atoms. The molecule has 0 N–H and O–H groups in total. The van der Waals surface area contributed by atoms with Crippen molar-refractivity contribution in [1.29, 1.82) is 5.26 Å². The average molecular weight is 678 g/mol. The monoisotopic (exact) mass is 678 g/mol. The van der Waals surface area contributed by atoms with Crippen molar-refractivity contribution in [2.75, 3.05) is 0 Å². The number of hydrogen-bond donors (Lipinski definition) is 0. The van der Waals surface area contributed by atoms with Gasteiger partial charge in [-0.3, -0.25) is 4.84 Å². The van der Waals surface area contributed by atoms with Gasteiger partial charge in [-0.1, -0.05) is 35.5 Å². The fourth-order valence-electron chi connectivity index (χ4n) is 2.92. The van der Waals surface area contributed by atoms with E-state index in [-0.39, 0.29) is 5.56 Å². The van der Waals surface area contributed by atoms with Gasteiger partial charge in [0.2, 0.25) is 0 Å². The van der Waals surface area contributed by atoms with Crippen molar-refractivity contribution in [3.8, 4) is 6.07 Å². The van der Waals surface area contributed by atoms with Crippen molar-refractivity contribution in [3.63, 3.8) is 0 Å². The Morgan fingerprint density at radius 1 is 0.682 bits per heavy atom. The number of nitriles is 1. The molecule has 0 heterocycles. The minimum Gasteiger partial charge on any atom is -0.427 e. The lowest BCUT2D eigenvalue weighted by atomic mass is 9.87. The predicted molar refractivity (Wildman–Crippen MR) is 110 cm³/mol. The SMILES string of the molecule is CC(C)(CCC(F)(F)C(F)(F)C(F)(F)C(F)(F)C(F)(F)C(F)(F)C(F)(F)C(F)(F)F)OC(=O)O/N=C(\C#N)c1ccccc1. The van der Waals surface area contributed by atoms with Gasteiger partial charge in [0.25, 0.3) is 0 Å². The fraction of sp³-hybridized carbons (Fsp3) is 0.591. The highest BCUT2D eigenvalue weighted by Gasteiger charge is 2.95. The van der Waals surface area contributed by atoms with E-state index in [0.717, 1.165) is 0 Å². The minimum atomic E-state index is -8.73. The largest absolute Gasteiger partial charge is 0.535 e. The lowest BCUT2D eigenvalue weighted by molar-refractivity contribution is -0.462. The predicted octanol–water partition coefficient (Wildman–Crippen LogP) is 8.64. The lowest BCUT2D eigenvalue weighted by Crippen LogP contribution is -2.74. The van der Waals surface area contributed by atoms with Gasteiger partial charge in [-0.05, 0) is 20.3 Å². The summed E-state index contributed by atoms with van der Waals surface area (Å²) in [4.78, 5) is 15.9. The van der Waals surface area contributed by atoms with Gasteiger partial charge in [0.05, 0.1) is 0 Å². The Morgan fingerprint density at radius 3 is 1.50 bits per heavy atom. The first kappa shape index (κ1) is 38.5. The van der Waals surface area contributed by atoms with Crippen LogP contribution in [0.5, 0.6) is 0 Å². The fourth-order valence-corrected chi connectivity index (χ4v) is 2.92. The minimum absolute atomic E-state index is 0.0622. The normalized spacial score (nSPS) is 15.1. The molecule has 0 aliphatic heterocycles. The maximum absolute atomic E-state index is 14.1. The van der Waals surface area contributed by atoms with E-state index >= 15 is 0 Å². The molecule has 0 radical (unpaired) electrons. The van der Waals surface area contributed by atoms with Crippen molar-refractivity contribution in [3.05, 3.63) is 35.9 Å². The third-order valence-corrected chi connectivity index (χ3v) is 5.55. The van der Waals surface area contributed by atoms with E-state index in [9.17, 15) is 79.4 Å². The summed E-state index contributed by atoms with van der Waals surface area (Å²) in [5.41, 5.74) is -3.04. The van der Waals surface area contributed by atoms with E-state index in [4.69, 9.17) is 5.26 Å². The Morgan fingerprint density at radius 2 is 1.09 bits per heavy atom. The highest BCUT2D eigenvalue weighted by atomic mass is 19.4. The van der Waals surface area contributed by atoms with Gasteiger partial charge in [-0.15, -0.1) is 0 Å². The summed E-state index contributed by atoms with van der Waals surface area (Å²) in [6.07, 6.45) is -14.4. The number of alkyl halides is 17. The molecule has 22 heteroatoms. The van der Waals surface area contributed by atoms with Crippen LogP contribution in [0.1, 0.15) is 32.3 Å². The van der Waals surface area contributed by atoms with E-state index in [1.54, 1.807) is 0 Å². The lowest BCUT2D eigenvalue weighted by Gasteiger charge is -2.43. The Labute approximate surface area is 234 Å². The van der Waals surface area contributed by atoms with Gasteiger partial charge in [0.15, 0.2) is 5.71 Å². The Hall–Kier alpha value is -3.54. The van der Waals surface area contributed by atoms with Crippen molar-refractivity contribution in [2.24, 2.45) is 5.16 Å². The molecule has 0 saturated carbocycles. The standard InChI is InChI=1S/C22H15F17N2O3/c1-14(2,43-13(42)44-41-12(10-40)11-6-4-3-5-7-11)8-9-15(23,24)16(25,26)17(27,28)18(29,30)19(31,32)20(33,34)21(35,36)22(37,38)39/h3-7H,8-9H2,1-2H3/b41-12+. The second kappa shape index (κ2) is 11.8. The molecule has 250 valence electrons. The maximum Gasteiger partial charge on any atom is 0.535 e. The Bertz CT molecular complexity index is 1250. The first-order valence-corrected chi connectivity index (χ1v) is 11.0. The number of rotatable bonds is 12. The van der Waals surface area contributed by atoms with Crippen LogP contribution in [0.4, 0.5) is 79.4 Å². The first-order valence-electron chi connectivity index (χ1n) is 11.0. The van der Waals surface area contributed by atoms with Crippen molar-refractivity contribution >= 4 is 11.9 Å². The molecule has 0 unspecified atom stereocenters. The average Bonchev–Trinajstić information content (AvgIpc) is 2.87. The Balaban J connectivity index is 3.23. The molecule has 0 saturated heterocycles. The van der Waals surface area contributed by atoms with Gasteiger partial charge >= 0.3 is 53.8 Å². The van der Waals surface area contributed by atoms with E-state index in [2.05, 4.69) is 14.7 Å². The molecule has 0 amide bonds. The zero-order valence-corrected chi connectivity index (χ0v) is 21.3. The highest BCUT2D eigenvalue weighted by molar-refractivity contribution is 6.11. The van der Waals surface area contributed by atoms with Crippen molar-refractivity contribution in [2.45, 2.75) is 79.9 Å². The smallest absolute Gasteiger partial charge is 0.427 e. The number of carbonyl (C=O) groups is 1. The van der Waals surface area contributed by atoms with Crippen LogP contribution in [0.15, 0.2) is 35.5 Å². The molecule has 1 aromatic carbocycles. The molecule has 0 aromatic heterocycles. The summed E-state index contributed by atoms with van der Waals surface area (Å²) in [5.74, 6) is -57.2. The number of halogens is 17. The summed E-state index contributed by atoms with van der Waals surface area (Å²) in [5, 5.41) is 12.1. The molecule has 0 aliphatic carbocycles. The van der Waals surface area contributed by atoms with Gasteiger partial charge in [0, 0.05) is 12.0 Å². The number of benzene rings is 1. The van der Waals surface area contributed by atoms with Gasteiger partial charge < -0.3 is 4.74 Å². The zero-order chi connectivity index (χ0) is 35.0. The summed E-state index contributed by atoms with van der Waals surface area (Å²) in [6, 6.07) is 8.36. The third kappa shape index (κ3) is 6.60. The summed E-state index contributed by atoms with van der Waals surface area (Å²) < 4.78 is 232. The van der Waals surface area contributed by atoms with Crippen molar-refractivity contribution < 1.29 is 89.0 Å². The van der Waals surface area contributed by atoms with E-state index < -0.39 is 77.9 Å². The molecule has 0 atom stereocenters. The number of carbonyl (C=O) groups excluding carboxylic acids is 1. The number of ether oxygens (including phenoxy) is 1. The van der Waals surface area contributed by atoms with Crippen LogP contribution in [-0.4, -0.2) is 65.1 Å². The van der Waals surface area contributed by atoms with Crippen LogP contribution >= 0.6 is 0 Å². The second-order valence-electron chi connectivity index (χ2n) is 9.27. The molecule has 1 rings (SSSR count). The molecular formula is C22H15F17N2O3. The van der Waals surface area contributed by atoms with E-state index in [1.165, 1.54) is 36.4 Å². The molecule has 0 bridgehead atoms. The quantitative estimate of drug-likeness (QED) is 0.0730. The molecule has 44 heavy (non-hydrogen) atoms. The Kier molecular flexibility index (Phi) is 10.3. The zero-order valence-electron chi connectivity index (χ0n) is 21.3. The summed E-state index contributed by atoms with van der Waals surface area (Å²) >= 11 is 0. The van der Waals surface area contributed by atoms with Gasteiger partial charge in [-0.25, -0.2) is 4.79 Å². The van der Waals surface area contributed by atoms with Gasteiger partial charge in [-0.2, -0.15) is 79.9 Å². The van der Waals surface area contributed by atoms with Crippen LogP contribution in [0.3, 0.4) is 0 Å². The van der Waals surface area contributed by atoms with Crippen LogP contribution < -0.4 is 0 Å². The summed E-state index contributed by atoms with van der Waals surface area (Å²) in [6.45, 7) is 1.16. The van der Waals surface area contributed by atoms with E-state index in [0.29, 0.717) is 13.8 Å². The molecule has 0 aliphatic rings. The van der Waals surface area contributed by atoms with Crippen LogP contribution in [0.2, 0.25) is 0 Å². The number of hydrogen-bond acceptors (Lipinski definition) is 5. The number of nitrogens with zero attached hydrogens (tertiary/aromatic N) is 2. The van der Waals surface area contributed by atoms with Crippen molar-refractivity contribution in [1.82, 2.24) is 0 Å². The molecule has 5 nitrogen and oxygen atoms in total. The second-order valence-corrected chi connectivity index (χ2v) is 9.27. The molecule has 1 aromatic rings. The van der Waals surface area contributed by atoms with Crippen LogP contribution in [-0.2, 0) is 9.57 Å². The van der Waals surface area contributed by atoms with Crippen LogP contribution in [0, 0.1) is 11.3 Å². The molecule has 0 fully saturated rings. The maximum atomic E-state index is 14.1. The van der Waals surface area contributed by atoms with E-state index in [1.807, 2.05) is 0 Å². The molecular weight excluding hydrogens is 663 g/mol.